The Kier molecular flexibility index (Phi) is 5.38. The van der Waals surface area contributed by atoms with E-state index in [1.807, 2.05) is 53.1 Å². The zero-order valence-corrected chi connectivity index (χ0v) is 16.9. The number of rotatable bonds is 7. The van der Waals surface area contributed by atoms with E-state index >= 15 is 0 Å². The number of methoxy groups -OCH3 is 2. The predicted molar refractivity (Wildman–Crippen MR) is 114 cm³/mol. The summed E-state index contributed by atoms with van der Waals surface area (Å²) in [5, 5.41) is 0. The Morgan fingerprint density at radius 2 is 1.50 bits per heavy atom. The van der Waals surface area contributed by atoms with Gasteiger partial charge in [-0.25, -0.2) is 9.78 Å². The Balaban J connectivity index is 1.45. The molecule has 3 aromatic rings. The molecule has 0 bridgehead atoms. The Bertz CT molecular complexity index is 1070. The molecule has 0 aliphatic carbocycles. The Hall–Kier alpha value is -3.81. The summed E-state index contributed by atoms with van der Waals surface area (Å²) >= 11 is 0. The first-order chi connectivity index (χ1) is 14.6. The molecule has 8 heteroatoms. The molecule has 0 unspecified atom stereocenters. The molecule has 4 rings (SSSR count). The van der Waals surface area contributed by atoms with Crippen molar-refractivity contribution in [3.05, 3.63) is 71.7 Å². The van der Waals surface area contributed by atoms with Crippen molar-refractivity contribution in [2.45, 2.75) is 13.1 Å². The van der Waals surface area contributed by atoms with Crippen molar-refractivity contribution >= 4 is 17.6 Å². The first kappa shape index (κ1) is 19.5. The van der Waals surface area contributed by atoms with Crippen LogP contribution in [-0.2, 0) is 13.1 Å². The van der Waals surface area contributed by atoms with Gasteiger partial charge >= 0.3 is 6.03 Å². The van der Waals surface area contributed by atoms with Gasteiger partial charge in [0.25, 0.3) is 0 Å². The zero-order chi connectivity index (χ0) is 21.1. The quantitative estimate of drug-likeness (QED) is 0.652. The molecule has 2 aromatic carbocycles. The summed E-state index contributed by atoms with van der Waals surface area (Å²) in [6, 6.07) is 15.1. The van der Waals surface area contributed by atoms with Crippen LogP contribution >= 0.6 is 0 Å². The number of hydrogen-bond donors (Lipinski definition) is 1. The second-order valence-corrected chi connectivity index (χ2v) is 7.00. The molecule has 2 N–H and O–H groups in total. The van der Waals surface area contributed by atoms with E-state index in [1.54, 1.807) is 25.4 Å². The highest BCUT2D eigenvalue weighted by atomic mass is 16.5. The number of nitrogens with zero attached hydrogens (tertiary/aromatic N) is 4. The van der Waals surface area contributed by atoms with E-state index < -0.39 is 0 Å². The van der Waals surface area contributed by atoms with Crippen LogP contribution in [0.4, 0.5) is 10.6 Å². The maximum Gasteiger partial charge on any atom is 0.344 e. The molecule has 2 amide bonds. The Labute approximate surface area is 174 Å². The van der Waals surface area contributed by atoms with Crippen molar-refractivity contribution < 1.29 is 14.3 Å². The lowest BCUT2D eigenvalue weighted by molar-refractivity contribution is 0.217. The summed E-state index contributed by atoms with van der Waals surface area (Å²) in [7, 11) is 3.26. The molecule has 1 aliphatic rings. The van der Waals surface area contributed by atoms with Crippen LogP contribution in [0, 0.1) is 0 Å². The molecule has 0 fully saturated rings. The lowest BCUT2D eigenvalue weighted by Gasteiger charge is -2.15. The lowest BCUT2D eigenvalue weighted by Crippen LogP contribution is -2.26. The monoisotopic (exact) mass is 405 g/mol. The highest BCUT2D eigenvalue weighted by molar-refractivity contribution is 6.13. The zero-order valence-electron chi connectivity index (χ0n) is 16.9. The van der Waals surface area contributed by atoms with Crippen LogP contribution in [0.1, 0.15) is 16.8 Å². The van der Waals surface area contributed by atoms with Gasteiger partial charge < -0.3 is 24.7 Å². The van der Waals surface area contributed by atoms with Crippen molar-refractivity contribution in [1.29, 1.82) is 0 Å². The number of aliphatic imine (C=N–C) groups is 1. The first-order valence-corrected chi connectivity index (χ1v) is 9.50. The molecule has 0 atom stereocenters. The molecular formula is C22H23N5O3. The molecule has 0 spiro atoms. The van der Waals surface area contributed by atoms with E-state index in [0.717, 1.165) is 22.6 Å². The number of carbonyl (C=O) groups is 1. The van der Waals surface area contributed by atoms with E-state index in [-0.39, 0.29) is 6.03 Å². The van der Waals surface area contributed by atoms with Crippen LogP contribution in [0.15, 0.2) is 59.9 Å². The molecule has 1 aromatic heterocycles. The smallest absolute Gasteiger partial charge is 0.344 e. The largest absolute Gasteiger partial charge is 0.497 e. The van der Waals surface area contributed by atoms with E-state index in [0.29, 0.717) is 36.9 Å². The summed E-state index contributed by atoms with van der Waals surface area (Å²) in [5.41, 5.74) is 9.51. The minimum atomic E-state index is -0.287. The van der Waals surface area contributed by atoms with Crippen molar-refractivity contribution in [3.63, 3.8) is 0 Å². The van der Waals surface area contributed by atoms with Gasteiger partial charge in [-0.3, -0.25) is 0 Å². The molecule has 0 saturated carbocycles. The number of anilines is 1. The number of ether oxygens (including phenoxy) is 2. The van der Waals surface area contributed by atoms with Gasteiger partial charge in [0.15, 0.2) is 0 Å². The van der Waals surface area contributed by atoms with Gasteiger partial charge in [-0.2, -0.15) is 4.99 Å². The Morgan fingerprint density at radius 1 is 0.933 bits per heavy atom. The molecule has 2 heterocycles. The van der Waals surface area contributed by atoms with Crippen LogP contribution < -0.4 is 15.2 Å². The van der Waals surface area contributed by atoms with Crippen LogP contribution in [-0.4, -0.2) is 47.0 Å². The van der Waals surface area contributed by atoms with Crippen LogP contribution in [0.5, 0.6) is 11.5 Å². The maximum atomic E-state index is 12.4. The number of benzene rings is 2. The number of nitrogen functional groups attached to an aromatic ring is 1. The van der Waals surface area contributed by atoms with Crippen LogP contribution in [0.2, 0.25) is 0 Å². The number of carbonyl (C=O) groups excluding carboxylic acids is 1. The maximum absolute atomic E-state index is 12.4. The van der Waals surface area contributed by atoms with E-state index in [9.17, 15) is 4.79 Å². The summed E-state index contributed by atoms with van der Waals surface area (Å²) in [6.45, 7) is 1.40. The van der Waals surface area contributed by atoms with Gasteiger partial charge in [-0.1, -0.05) is 24.3 Å². The fourth-order valence-corrected chi connectivity index (χ4v) is 3.34. The molecule has 1 aliphatic heterocycles. The summed E-state index contributed by atoms with van der Waals surface area (Å²) in [6.07, 6.45) is 1.67. The number of hydrogen-bond acceptors (Lipinski definition) is 5. The average molecular weight is 405 g/mol. The third-order valence-corrected chi connectivity index (χ3v) is 5.04. The van der Waals surface area contributed by atoms with Crippen LogP contribution in [0.25, 0.3) is 0 Å². The van der Waals surface area contributed by atoms with Gasteiger partial charge in [0.1, 0.15) is 23.0 Å². The van der Waals surface area contributed by atoms with Gasteiger partial charge in [0, 0.05) is 6.54 Å². The van der Waals surface area contributed by atoms with Gasteiger partial charge in [0.2, 0.25) is 0 Å². The van der Waals surface area contributed by atoms with Crippen molar-refractivity contribution in [2.24, 2.45) is 4.99 Å². The van der Waals surface area contributed by atoms with Crippen molar-refractivity contribution in [1.82, 2.24) is 14.5 Å². The van der Waals surface area contributed by atoms with Crippen LogP contribution in [0.3, 0.4) is 0 Å². The summed E-state index contributed by atoms with van der Waals surface area (Å²) < 4.78 is 12.2. The highest BCUT2D eigenvalue weighted by Gasteiger charge is 2.27. The fraction of sp³-hybridized carbons (Fsp3) is 0.227. The van der Waals surface area contributed by atoms with E-state index in [2.05, 4.69) is 9.98 Å². The third kappa shape index (κ3) is 3.98. The highest BCUT2D eigenvalue weighted by Crippen LogP contribution is 2.21. The van der Waals surface area contributed by atoms with Gasteiger partial charge in [0.05, 0.1) is 39.3 Å². The summed E-state index contributed by atoms with van der Waals surface area (Å²) in [4.78, 5) is 22.6. The summed E-state index contributed by atoms with van der Waals surface area (Å²) in [5.74, 6) is 2.07. The SMILES string of the molecule is COc1ccc(CN2CC(c3ncn(Cc4ccc(OC)cc4)c3N)=NC2=O)cc1. The van der Waals surface area contributed by atoms with Crippen molar-refractivity contribution in [2.75, 3.05) is 26.5 Å². The van der Waals surface area contributed by atoms with Gasteiger partial charge in [-0.05, 0) is 35.4 Å². The number of aromatic nitrogens is 2. The Morgan fingerprint density at radius 3 is 2.07 bits per heavy atom. The number of urea groups is 1. The van der Waals surface area contributed by atoms with E-state index in [4.69, 9.17) is 15.2 Å². The molecule has 30 heavy (non-hydrogen) atoms. The average Bonchev–Trinajstić information content (AvgIpc) is 3.31. The first-order valence-electron chi connectivity index (χ1n) is 9.50. The molecule has 0 saturated heterocycles. The van der Waals surface area contributed by atoms with Crippen molar-refractivity contribution in [3.8, 4) is 11.5 Å². The fourth-order valence-electron chi connectivity index (χ4n) is 3.34. The van der Waals surface area contributed by atoms with E-state index in [1.165, 1.54) is 0 Å². The predicted octanol–water partition coefficient (Wildman–Crippen LogP) is 2.96. The molecule has 154 valence electrons. The second-order valence-electron chi connectivity index (χ2n) is 7.00. The topological polar surface area (TPSA) is 95.0 Å². The minimum Gasteiger partial charge on any atom is -0.497 e. The number of imidazole rings is 1. The van der Waals surface area contributed by atoms with Gasteiger partial charge in [-0.15, -0.1) is 0 Å². The molecule has 8 nitrogen and oxygen atoms in total. The third-order valence-electron chi connectivity index (χ3n) is 5.04. The molecular weight excluding hydrogens is 382 g/mol. The lowest BCUT2D eigenvalue weighted by atomic mass is 10.2. The minimum absolute atomic E-state index is 0.287. The normalized spacial score (nSPS) is 13.5. The standard InChI is InChI=1S/C22H23N5O3/c1-29-17-7-3-15(4-8-17)11-26-13-19(25-22(26)28)20-21(23)27(14-24-20)12-16-5-9-18(30-2)10-6-16/h3-10,14H,11-13,23H2,1-2H3. The number of amides is 2. The number of nitrogens with two attached hydrogens (primary N) is 1. The molecule has 0 radical (unpaired) electrons. The second kappa shape index (κ2) is 8.28.